The summed E-state index contributed by atoms with van der Waals surface area (Å²) in [6, 6.07) is 0. The Morgan fingerprint density at radius 1 is 0.283 bits per heavy atom. The van der Waals surface area contributed by atoms with Gasteiger partial charge in [0, 0.05) is 25.7 Å². The van der Waals surface area contributed by atoms with Crippen LogP contribution in [0.4, 0.5) is 0 Å². The average Bonchev–Trinajstić information content (AvgIpc) is 1.27. The SMILES string of the molecule is CCCCCCCCCCCCCCCCCCCCCCCC(=O)O[C@H](COC(=O)CCCCCCCCCCCCCCCCC)COP(=O)(O)OC[C@@H](O)COP(=O)(O)OC[C@@H](COC(=O)CCCCCCCCCCCCC)OC(=O)CCCCCCCCCCC(C)CC. The molecule has 588 valence electrons. The molecule has 0 aliphatic heterocycles. The monoisotopic (exact) mass is 1450 g/mol. The zero-order valence-corrected chi connectivity index (χ0v) is 66.4. The highest BCUT2D eigenvalue weighted by molar-refractivity contribution is 7.47. The maximum Gasteiger partial charge on any atom is 0.472 e. The minimum absolute atomic E-state index is 0.106. The molecule has 3 N–H and O–H groups in total. The molecule has 0 aromatic carbocycles. The molecule has 3 unspecified atom stereocenters. The number of phosphoric acid groups is 2. The number of phosphoric ester groups is 2. The van der Waals surface area contributed by atoms with Gasteiger partial charge < -0.3 is 33.8 Å². The van der Waals surface area contributed by atoms with E-state index >= 15 is 0 Å². The number of aliphatic hydroxyl groups excluding tert-OH is 1. The van der Waals surface area contributed by atoms with Gasteiger partial charge in [-0.05, 0) is 31.6 Å². The lowest BCUT2D eigenvalue weighted by atomic mass is 9.99. The van der Waals surface area contributed by atoms with Gasteiger partial charge in [-0.2, -0.15) is 0 Å². The summed E-state index contributed by atoms with van der Waals surface area (Å²) >= 11 is 0. The molecule has 0 aliphatic rings. The van der Waals surface area contributed by atoms with E-state index in [2.05, 4.69) is 34.6 Å². The Kier molecular flexibility index (Phi) is 71.6. The first-order chi connectivity index (χ1) is 48.1. The zero-order chi connectivity index (χ0) is 72.7. The third-order valence-electron chi connectivity index (χ3n) is 19.1. The lowest BCUT2D eigenvalue weighted by Crippen LogP contribution is -2.30. The Balaban J connectivity index is 5.22. The molecule has 0 heterocycles. The molecular formula is C80H156O17P2. The van der Waals surface area contributed by atoms with Gasteiger partial charge in [0.2, 0.25) is 0 Å². The van der Waals surface area contributed by atoms with Crippen molar-refractivity contribution < 1.29 is 80.2 Å². The summed E-state index contributed by atoms with van der Waals surface area (Å²) in [6.45, 7) is 7.31. The number of carbonyl (C=O) groups excluding carboxylic acids is 4. The van der Waals surface area contributed by atoms with Crippen molar-refractivity contribution in [2.75, 3.05) is 39.6 Å². The van der Waals surface area contributed by atoms with Crippen molar-refractivity contribution >= 4 is 39.5 Å². The van der Waals surface area contributed by atoms with Gasteiger partial charge in [-0.3, -0.25) is 37.3 Å². The largest absolute Gasteiger partial charge is 0.472 e. The fourth-order valence-corrected chi connectivity index (χ4v) is 14.0. The van der Waals surface area contributed by atoms with Crippen molar-refractivity contribution in [3.8, 4) is 0 Å². The summed E-state index contributed by atoms with van der Waals surface area (Å²) in [5.41, 5.74) is 0. The maximum absolute atomic E-state index is 13.1. The van der Waals surface area contributed by atoms with E-state index in [4.69, 9.17) is 37.0 Å². The molecule has 0 amide bonds. The van der Waals surface area contributed by atoms with Gasteiger partial charge in [0.05, 0.1) is 26.4 Å². The zero-order valence-electron chi connectivity index (χ0n) is 64.6. The van der Waals surface area contributed by atoms with Crippen LogP contribution in [0, 0.1) is 5.92 Å². The Bertz CT molecular complexity index is 1890. The number of carbonyl (C=O) groups is 4. The molecule has 0 saturated carbocycles. The van der Waals surface area contributed by atoms with E-state index in [1.807, 2.05) is 0 Å². The van der Waals surface area contributed by atoms with Crippen LogP contribution in [0.25, 0.3) is 0 Å². The summed E-state index contributed by atoms with van der Waals surface area (Å²) in [7, 11) is -9.92. The second-order valence-electron chi connectivity index (χ2n) is 29.1. The van der Waals surface area contributed by atoms with Crippen molar-refractivity contribution in [1.82, 2.24) is 0 Å². The average molecular weight is 1450 g/mol. The van der Waals surface area contributed by atoms with E-state index in [1.165, 1.54) is 250 Å². The lowest BCUT2D eigenvalue weighted by Gasteiger charge is -2.21. The third kappa shape index (κ3) is 72.8. The highest BCUT2D eigenvalue weighted by Crippen LogP contribution is 2.45. The van der Waals surface area contributed by atoms with Crippen LogP contribution in [-0.2, 0) is 65.4 Å². The normalized spacial score (nSPS) is 14.1. The Morgan fingerprint density at radius 2 is 0.485 bits per heavy atom. The van der Waals surface area contributed by atoms with Gasteiger partial charge >= 0.3 is 39.5 Å². The summed E-state index contributed by atoms with van der Waals surface area (Å²) in [5, 5.41) is 10.6. The van der Waals surface area contributed by atoms with Gasteiger partial charge in [-0.25, -0.2) is 9.13 Å². The van der Waals surface area contributed by atoms with Crippen molar-refractivity contribution in [2.45, 2.75) is 445 Å². The molecule has 19 heteroatoms. The molecule has 0 radical (unpaired) electrons. The van der Waals surface area contributed by atoms with E-state index in [-0.39, 0.29) is 25.7 Å². The first-order valence-electron chi connectivity index (χ1n) is 41.7. The second-order valence-corrected chi connectivity index (χ2v) is 32.0. The maximum atomic E-state index is 13.1. The van der Waals surface area contributed by atoms with Crippen molar-refractivity contribution in [3.63, 3.8) is 0 Å². The molecule has 0 saturated heterocycles. The van der Waals surface area contributed by atoms with Crippen LogP contribution in [0.3, 0.4) is 0 Å². The Hall–Kier alpha value is -1.94. The summed E-state index contributed by atoms with van der Waals surface area (Å²) in [4.78, 5) is 73.0. The van der Waals surface area contributed by atoms with Crippen LogP contribution in [0.1, 0.15) is 426 Å². The van der Waals surface area contributed by atoms with E-state index < -0.39 is 97.5 Å². The van der Waals surface area contributed by atoms with Crippen LogP contribution in [0.15, 0.2) is 0 Å². The molecule has 0 rings (SSSR count). The Morgan fingerprint density at radius 3 is 0.717 bits per heavy atom. The van der Waals surface area contributed by atoms with Crippen LogP contribution in [0.2, 0.25) is 0 Å². The number of esters is 4. The summed E-state index contributed by atoms with van der Waals surface area (Å²) in [5.74, 6) is -1.34. The smallest absolute Gasteiger partial charge is 0.462 e. The fraction of sp³-hybridized carbons (Fsp3) is 0.950. The molecule has 0 fully saturated rings. The fourth-order valence-electron chi connectivity index (χ4n) is 12.4. The van der Waals surface area contributed by atoms with Crippen LogP contribution < -0.4 is 0 Å². The molecule has 0 aromatic rings. The molecular weight excluding hydrogens is 1290 g/mol. The van der Waals surface area contributed by atoms with E-state index in [0.717, 1.165) is 95.8 Å². The number of hydrogen-bond acceptors (Lipinski definition) is 15. The molecule has 0 aromatic heterocycles. The highest BCUT2D eigenvalue weighted by atomic mass is 31.2. The molecule has 6 atom stereocenters. The second kappa shape index (κ2) is 73.0. The number of rotatable bonds is 80. The first kappa shape index (κ1) is 97.1. The minimum atomic E-state index is -4.96. The van der Waals surface area contributed by atoms with Gasteiger partial charge in [0.25, 0.3) is 0 Å². The van der Waals surface area contributed by atoms with Gasteiger partial charge in [-0.15, -0.1) is 0 Å². The van der Waals surface area contributed by atoms with Gasteiger partial charge in [-0.1, -0.05) is 375 Å². The number of hydrogen-bond donors (Lipinski definition) is 3. The number of aliphatic hydroxyl groups is 1. The number of ether oxygens (including phenoxy) is 4. The van der Waals surface area contributed by atoms with E-state index in [0.29, 0.717) is 25.7 Å². The minimum Gasteiger partial charge on any atom is -0.462 e. The molecule has 99 heavy (non-hydrogen) atoms. The molecule has 0 spiro atoms. The lowest BCUT2D eigenvalue weighted by molar-refractivity contribution is -0.161. The number of unbranched alkanes of at least 4 members (excludes halogenated alkanes) is 51. The topological polar surface area (TPSA) is 237 Å². The van der Waals surface area contributed by atoms with Gasteiger partial charge in [0.1, 0.15) is 19.3 Å². The van der Waals surface area contributed by atoms with E-state index in [1.54, 1.807) is 0 Å². The van der Waals surface area contributed by atoms with E-state index in [9.17, 15) is 43.2 Å². The summed E-state index contributed by atoms with van der Waals surface area (Å²) < 4.78 is 68.7. The standard InChI is InChI=1S/C80H156O17P2/c1-6-10-13-16-19-22-25-27-29-30-31-32-33-34-36-38-41-44-50-55-60-65-79(84)96-75(69-91-78(83)64-59-54-49-43-40-37-35-28-26-23-20-17-14-11-7-2)71-94-98(86,87)92-67-74(81)68-93-99(88,89)95-72-76(70-90-77(82)63-58-53-48-42-39-24-21-18-15-12-8-3)97-80(85)66-61-56-51-46-45-47-52-57-62-73(5)9-4/h73-76,81H,6-72H2,1-5H3,(H,86,87)(H,88,89)/t73?,74-,75-,76-/m1/s1. The predicted molar refractivity (Wildman–Crippen MR) is 405 cm³/mol. The quantitative estimate of drug-likeness (QED) is 0.0222. The van der Waals surface area contributed by atoms with Crippen LogP contribution in [0.5, 0.6) is 0 Å². The van der Waals surface area contributed by atoms with Crippen LogP contribution >= 0.6 is 15.6 Å². The first-order valence-corrected chi connectivity index (χ1v) is 44.7. The third-order valence-corrected chi connectivity index (χ3v) is 21.0. The molecule has 0 bridgehead atoms. The molecule has 0 aliphatic carbocycles. The molecule has 17 nitrogen and oxygen atoms in total. The highest BCUT2D eigenvalue weighted by Gasteiger charge is 2.30. The predicted octanol–water partition coefficient (Wildman–Crippen LogP) is 24.0. The summed E-state index contributed by atoms with van der Waals surface area (Å²) in [6.07, 6.45) is 63.8. The van der Waals surface area contributed by atoms with Gasteiger partial charge in [0.15, 0.2) is 12.2 Å². The van der Waals surface area contributed by atoms with Crippen molar-refractivity contribution in [3.05, 3.63) is 0 Å². The van der Waals surface area contributed by atoms with Crippen molar-refractivity contribution in [2.24, 2.45) is 5.92 Å². The van der Waals surface area contributed by atoms with Crippen LogP contribution in [-0.4, -0.2) is 96.7 Å². The Labute approximate surface area is 607 Å². The van der Waals surface area contributed by atoms with Crippen molar-refractivity contribution in [1.29, 1.82) is 0 Å².